The largest absolute Gasteiger partial charge is 0.441 e. The van der Waals surface area contributed by atoms with Crippen molar-refractivity contribution in [2.75, 3.05) is 37.0 Å². The lowest BCUT2D eigenvalue weighted by molar-refractivity contribution is 0.313. The quantitative estimate of drug-likeness (QED) is 0.589. The Morgan fingerprint density at radius 3 is 2.30 bits per heavy atom. The summed E-state index contributed by atoms with van der Waals surface area (Å²) in [6.07, 6.45) is 1.12. The second-order valence-corrected chi connectivity index (χ2v) is 9.42. The first-order valence-electron chi connectivity index (χ1n) is 9.60. The Morgan fingerprint density at radius 2 is 1.67 bits per heavy atom. The molecule has 0 amide bonds. The minimum absolute atomic E-state index is 0.401. The zero-order valence-electron chi connectivity index (χ0n) is 18.0. The summed E-state index contributed by atoms with van der Waals surface area (Å²) in [5.41, 5.74) is 4.26. The molecule has 7 nitrogen and oxygen atoms in total. The molecule has 0 saturated heterocycles. The van der Waals surface area contributed by atoms with E-state index in [1.165, 1.54) is 11.3 Å². The zero-order valence-corrected chi connectivity index (χ0v) is 18.8. The minimum atomic E-state index is -3.40. The Bertz CT molecular complexity index is 1110. The summed E-state index contributed by atoms with van der Waals surface area (Å²) in [6.45, 7) is 3.27. The number of sulfonamides is 1. The van der Waals surface area contributed by atoms with Gasteiger partial charge in [-0.2, -0.15) is 0 Å². The summed E-state index contributed by atoms with van der Waals surface area (Å²) >= 11 is 0. The van der Waals surface area contributed by atoms with E-state index < -0.39 is 10.0 Å². The van der Waals surface area contributed by atoms with Gasteiger partial charge in [0, 0.05) is 32.9 Å². The fourth-order valence-corrected chi connectivity index (χ4v) is 3.75. The third kappa shape index (κ3) is 5.61. The van der Waals surface area contributed by atoms with Crippen LogP contribution in [0, 0.1) is 6.92 Å². The van der Waals surface area contributed by atoms with Crippen LogP contribution in [0.5, 0.6) is 0 Å². The number of anilines is 2. The van der Waals surface area contributed by atoms with Gasteiger partial charge in [-0.1, -0.05) is 24.3 Å². The SMILES string of the molecule is Cc1oc(-c2ccccc2NS(C)(=O)=O)nc1CN(C)Cc1ccc(N(C)C)cc1. The summed E-state index contributed by atoms with van der Waals surface area (Å²) in [4.78, 5) is 8.88. The highest BCUT2D eigenvalue weighted by Gasteiger charge is 2.17. The molecule has 0 aliphatic heterocycles. The van der Waals surface area contributed by atoms with Crippen molar-refractivity contribution in [1.29, 1.82) is 0 Å². The maximum absolute atomic E-state index is 11.7. The van der Waals surface area contributed by atoms with Crippen LogP contribution in [0.25, 0.3) is 11.5 Å². The monoisotopic (exact) mass is 428 g/mol. The molecule has 0 saturated carbocycles. The van der Waals surface area contributed by atoms with Crippen molar-refractivity contribution in [2.45, 2.75) is 20.0 Å². The predicted octanol–water partition coefficient (Wildman–Crippen LogP) is 3.72. The molecule has 8 heteroatoms. The van der Waals surface area contributed by atoms with Gasteiger partial charge in [-0.25, -0.2) is 13.4 Å². The van der Waals surface area contributed by atoms with E-state index in [0.717, 1.165) is 18.5 Å². The van der Waals surface area contributed by atoms with Crippen molar-refractivity contribution in [1.82, 2.24) is 9.88 Å². The number of hydrogen-bond acceptors (Lipinski definition) is 6. The molecule has 1 N–H and O–H groups in total. The number of aryl methyl sites for hydroxylation is 1. The van der Waals surface area contributed by atoms with Crippen molar-refractivity contribution >= 4 is 21.4 Å². The predicted molar refractivity (Wildman–Crippen MR) is 121 cm³/mol. The van der Waals surface area contributed by atoms with Crippen LogP contribution in [-0.2, 0) is 23.1 Å². The molecule has 0 atom stereocenters. The Hall–Kier alpha value is -2.84. The van der Waals surface area contributed by atoms with Gasteiger partial charge >= 0.3 is 0 Å². The van der Waals surface area contributed by atoms with Gasteiger partial charge in [0.1, 0.15) is 5.76 Å². The maximum Gasteiger partial charge on any atom is 0.229 e. The lowest BCUT2D eigenvalue weighted by Gasteiger charge is -2.17. The van der Waals surface area contributed by atoms with Crippen LogP contribution in [0.2, 0.25) is 0 Å². The van der Waals surface area contributed by atoms with Gasteiger partial charge < -0.3 is 9.32 Å². The van der Waals surface area contributed by atoms with Crippen molar-refractivity contribution in [3.8, 4) is 11.5 Å². The number of para-hydroxylation sites is 1. The van der Waals surface area contributed by atoms with Gasteiger partial charge in [-0.15, -0.1) is 0 Å². The Morgan fingerprint density at radius 1 is 1.00 bits per heavy atom. The number of rotatable bonds is 8. The van der Waals surface area contributed by atoms with E-state index in [1.807, 2.05) is 34.1 Å². The molecule has 3 rings (SSSR count). The van der Waals surface area contributed by atoms with Crippen LogP contribution in [0.1, 0.15) is 17.0 Å². The third-order valence-electron chi connectivity index (χ3n) is 4.67. The van der Waals surface area contributed by atoms with Gasteiger partial charge in [-0.3, -0.25) is 9.62 Å². The first kappa shape index (κ1) is 21.9. The lowest BCUT2D eigenvalue weighted by atomic mass is 10.2. The highest BCUT2D eigenvalue weighted by atomic mass is 32.2. The molecule has 0 bridgehead atoms. The number of hydrogen-bond donors (Lipinski definition) is 1. The topological polar surface area (TPSA) is 78.7 Å². The summed E-state index contributed by atoms with van der Waals surface area (Å²) in [7, 11) is 2.68. The van der Waals surface area contributed by atoms with Gasteiger partial charge in [0.25, 0.3) is 0 Å². The molecule has 30 heavy (non-hydrogen) atoms. The molecule has 160 valence electrons. The van der Waals surface area contributed by atoms with E-state index in [4.69, 9.17) is 4.42 Å². The van der Waals surface area contributed by atoms with Crippen molar-refractivity contribution in [3.05, 3.63) is 65.5 Å². The molecular formula is C22H28N4O3S. The van der Waals surface area contributed by atoms with E-state index >= 15 is 0 Å². The van der Waals surface area contributed by atoms with E-state index in [2.05, 4.69) is 43.8 Å². The first-order valence-corrected chi connectivity index (χ1v) is 11.5. The highest BCUT2D eigenvalue weighted by molar-refractivity contribution is 7.92. The molecule has 1 aromatic heterocycles. The Balaban J connectivity index is 1.75. The molecule has 0 radical (unpaired) electrons. The standard InChI is InChI=1S/C22H28N4O3S/c1-16-21(15-26(4)14-17-10-12-18(13-11-17)25(2)3)23-22(29-16)19-8-6-7-9-20(19)24-30(5,27)28/h6-13,24H,14-15H2,1-5H3. The van der Waals surface area contributed by atoms with Gasteiger partial charge in [0.05, 0.1) is 23.2 Å². The summed E-state index contributed by atoms with van der Waals surface area (Å²) in [5, 5.41) is 0. The van der Waals surface area contributed by atoms with Gasteiger partial charge in [-0.05, 0) is 43.8 Å². The van der Waals surface area contributed by atoms with E-state index in [9.17, 15) is 8.42 Å². The van der Waals surface area contributed by atoms with E-state index in [0.29, 0.717) is 29.4 Å². The van der Waals surface area contributed by atoms with Crippen LogP contribution >= 0.6 is 0 Å². The summed E-state index contributed by atoms with van der Waals surface area (Å²) in [5.74, 6) is 1.12. The highest BCUT2D eigenvalue weighted by Crippen LogP contribution is 2.29. The van der Waals surface area contributed by atoms with Crippen LogP contribution in [0.3, 0.4) is 0 Å². The Labute approximate surface area is 178 Å². The fourth-order valence-electron chi connectivity index (χ4n) is 3.17. The second-order valence-electron chi connectivity index (χ2n) is 7.67. The number of aromatic nitrogens is 1. The summed E-state index contributed by atoms with van der Waals surface area (Å²) < 4.78 is 31.7. The lowest BCUT2D eigenvalue weighted by Crippen LogP contribution is -2.18. The molecule has 0 spiro atoms. The van der Waals surface area contributed by atoms with Crippen LogP contribution in [-0.4, -0.2) is 45.7 Å². The van der Waals surface area contributed by atoms with Crippen molar-refractivity contribution in [2.24, 2.45) is 0 Å². The van der Waals surface area contributed by atoms with Crippen LogP contribution in [0.4, 0.5) is 11.4 Å². The third-order valence-corrected chi connectivity index (χ3v) is 5.26. The fraction of sp³-hybridized carbons (Fsp3) is 0.318. The molecule has 0 unspecified atom stereocenters. The first-order chi connectivity index (χ1) is 14.1. The Kier molecular flexibility index (Phi) is 6.48. The van der Waals surface area contributed by atoms with Crippen LogP contribution < -0.4 is 9.62 Å². The second kappa shape index (κ2) is 8.89. The molecular weight excluding hydrogens is 400 g/mol. The number of nitrogens with zero attached hydrogens (tertiary/aromatic N) is 3. The average Bonchev–Trinajstić information content (AvgIpc) is 3.01. The number of oxazole rings is 1. The number of nitrogens with one attached hydrogen (secondary N) is 1. The number of benzene rings is 2. The molecule has 0 fully saturated rings. The smallest absolute Gasteiger partial charge is 0.229 e. The minimum Gasteiger partial charge on any atom is -0.441 e. The van der Waals surface area contributed by atoms with Crippen molar-refractivity contribution < 1.29 is 12.8 Å². The maximum atomic E-state index is 11.7. The molecule has 2 aromatic carbocycles. The van der Waals surface area contributed by atoms with E-state index in [-0.39, 0.29) is 0 Å². The van der Waals surface area contributed by atoms with Crippen LogP contribution in [0.15, 0.2) is 52.9 Å². The zero-order chi connectivity index (χ0) is 21.9. The summed E-state index contributed by atoms with van der Waals surface area (Å²) in [6, 6.07) is 15.5. The van der Waals surface area contributed by atoms with Gasteiger partial charge in [0.2, 0.25) is 15.9 Å². The van der Waals surface area contributed by atoms with Crippen molar-refractivity contribution in [3.63, 3.8) is 0 Å². The van der Waals surface area contributed by atoms with E-state index in [1.54, 1.807) is 18.2 Å². The normalized spacial score (nSPS) is 11.7. The molecule has 1 heterocycles. The molecule has 3 aromatic rings. The van der Waals surface area contributed by atoms with Gasteiger partial charge in [0.15, 0.2) is 0 Å². The average molecular weight is 429 g/mol. The molecule has 0 aliphatic rings. The molecule has 0 aliphatic carbocycles.